The number of nitrogens with zero attached hydrogens (tertiary/aromatic N) is 1. The quantitative estimate of drug-likeness (QED) is 0.158. The third kappa shape index (κ3) is 6.74. The molecule has 0 bridgehead atoms. The molecule has 0 aliphatic heterocycles. The smallest absolute Gasteiger partial charge is 0.305 e. The predicted octanol–water partition coefficient (Wildman–Crippen LogP) is 3.11. The van der Waals surface area contributed by atoms with E-state index in [1.54, 1.807) is 12.1 Å². The Hall–Kier alpha value is -3.04. The first kappa shape index (κ1) is 24.1. The van der Waals surface area contributed by atoms with Gasteiger partial charge in [-0.1, -0.05) is 47.7 Å². The van der Waals surface area contributed by atoms with Crippen LogP contribution in [0.1, 0.15) is 28.8 Å². The van der Waals surface area contributed by atoms with Crippen molar-refractivity contribution >= 4 is 21.6 Å². The minimum absolute atomic E-state index is 0.0436. The molecule has 0 spiro atoms. The first-order chi connectivity index (χ1) is 16.6. The van der Waals surface area contributed by atoms with E-state index in [1.165, 1.54) is 11.1 Å². The van der Waals surface area contributed by atoms with Crippen molar-refractivity contribution in [3.63, 3.8) is 0 Å². The lowest BCUT2D eigenvalue weighted by atomic mass is 10.1. The van der Waals surface area contributed by atoms with Crippen molar-refractivity contribution in [3.8, 4) is 5.75 Å². The first-order valence-corrected chi connectivity index (χ1v) is 12.3. The number of nitrogens with one attached hydrogen (secondary N) is 3. The fourth-order valence-electron chi connectivity index (χ4n) is 3.97. The average Bonchev–Trinajstić information content (AvgIpc) is 3.24. The van der Waals surface area contributed by atoms with Gasteiger partial charge in [0.05, 0.1) is 4.70 Å². The lowest BCUT2D eigenvalue weighted by Gasteiger charge is -2.14. The molecule has 0 saturated heterocycles. The van der Waals surface area contributed by atoms with Crippen LogP contribution in [0.25, 0.3) is 10.2 Å². The first-order valence-electron chi connectivity index (χ1n) is 11.5. The van der Waals surface area contributed by atoms with Crippen LogP contribution < -0.4 is 15.5 Å². The lowest BCUT2D eigenvalue weighted by molar-refractivity contribution is 0.138. The number of aryl methyl sites for hydroxylation is 1. The van der Waals surface area contributed by atoms with Crippen molar-refractivity contribution in [1.82, 2.24) is 20.6 Å². The number of aliphatic hydroxyl groups is 1. The molecule has 7 nitrogen and oxygen atoms in total. The number of pyridine rings is 1. The molecule has 2 aromatic carbocycles. The van der Waals surface area contributed by atoms with Gasteiger partial charge in [0.15, 0.2) is 0 Å². The second kappa shape index (κ2) is 11.9. The Morgan fingerprint density at radius 3 is 2.76 bits per heavy atom. The molecule has 1 atom stereocenters. The number of rotatable bonds is 12. The highest BCUT2D eigenvalue weighted by Gasteiger charge is 2.13. The summed E-state index contributed by atoms with van der Waals surface area (Å²) in [7, 11) is 0. The van der Waals surface area contributed by atoms with Crippen LogP contribution in [0.5, 0.6) is 5.75 Å². The van der Waals surface area contributed by atoms with Crippen LogP contribution in [0.4, 0.5) is 0 Å². The molecule has 2 heterocycles. The number of hydrogen-bond donors (Lipinski definition) is 5. The SMILES string of the molecule is O=c1[nH]c2c(O)ccc(CC(O)NCCc3cccc(CNCCCc4ccccn4)c3)c2s1. The van der Waals surface area contributed by atoms with Crippen molar-refractivity contribution in [2.24, 2.45) is 0 Å². The number of benzene rings is 2. The molecule has 0 aliphatic rings. The van der Waals surface area contributed by atoms with Gasteiger partial charge in [0.2, 0.25) is 0 Å². The molecule has 34 heavy (non-hydrogen) atoms. The molecule has 4 rings (SSSR count). The summed E-state index contributed by atoms with van der Waals surface area (Å²) >= 11 is 1.05. The van der Waals surface area contributed by atoms with E-state index >= 15 is 0 Å². The van der Waals surface area contributed by atoms with E-state index < -0.39 is 6.23 Å². The number of aromatic amines is 1. The van der Waals surface area contributed by atoms with Crippen LogP contribution >= 0.6 is 11.3 Å². The number of thiazole rings is 1. The van der Waals surface area contributed by atoms with E-state index in [4.69, 9.17) is 0 Å². The molecule has 4 aromatic rings. The zero-order valence-corrected chi connectivity index (χ0v) is 19.8. The molecule has 178 valence electrons. The Bertz CT molecular complexity index is 1260. The van der Waals surface area contributed by atoms with E-state index in [-0.39, 0.29) is 10.6 Å². The maximum Gasteiger partial charge on any atom is 0.305 e. The molecule has 8 heteroatoms. The number of phenolic OH excluding ortho intramolecular Hbond substituents is 1. The zero-order chi connectivity index (χ0) is 23.8. The summed E-state index contributed by atoms with van der Waals surface area (Å²) < 4.78 is 0.686. The fourth-order valence-corrected chi connectivity index (χ4v) is 4.84. The van der Waals surface area contributed by atoms with Crippen LogP contribution in [-0.4, -0.2) is 39.5 Å². The fraction of sp³-hybridized carbons (Fsp3) is 0.308. The van der Waals surface area contributed by atoms with E-state index in [9.17, 15) is 15.0 Å². The van der Waals surface area contributed by atoms with Crippen molar-refractivity contribution in [2.45, 2.75) is 38.5 Å². The van der Waals surface area contributed by atoms with Crippen LogP contribution in [-0.2, 0) is 25.8 Å². The van der Waals surface area contributed by atoms with Crippen LogP contribution in [0.3, 0.4) is 0 Å². The second-order valence-electron chi connectivity index (χ2n) is 8.31. The maximum absolute atomic E-state index is 11.7. The van der Waals surface area contributed by atoms with Gasteiger partial charge in [0, 0.05) is 31.4 Å². The van der Waals surface area contributed by atoms with Gasteiger partial charge in [-0.3, -0.25) is 15.1 Å². The van der Waals surface area contributed by atoms with Gasteiger partial charge in [-0.25, -0.2) is 0 Å². The number of aromatic nitrogens is 2. The Morgan fingerprint density at radius 2 is 1.91 bits per heavy atom. The summed E-state index contributed by atoms with van der Waals surface area (Å²) in [6.07, 6.45) is 4.26. The maximum atomic E-state index is 11.7. The Balaban J connectivity index is 1.19. The molecular formula is C26H30N4O3S. The van der Waals surface area contributed by atoms with Gasteiger partial charge in [-0.05, 0) is 60.7 Å². The highest BCUT2D eigenvalue weighted by molar-refractivity contribution is 7.16. The van der Waals surface area contributed by atoms with Gasteiger partial charge in [-0.2, -0.15) is 0 Å². The van der Waals surface area contributed by atoms with Gasteiger partial charge in [0.25, 0.3) is 0 Å². The highest BCUT2D eigenvalue weighted by atomic mass is 32.1. The van der Waals surface area contributed by atoms with E-state index in [0.29, 0.717) is 23.2 Å². The monoisotopic (exact) mass is 478 g/mol. The number of phenols is 1. The molecule has 0 aliphatic carbocycles. The largest absolute Gasteiger partial charge is 0.506 e. The van der Waals surface area contributed by atoms with E-state index in [2.05, 4.69) is 50.9 Å². The Kier molecular flexibility index (Phi) is 8.43. The summed E-state index contributed by atoms with van der Waals surface area (Å²) in [4.78, 5) is 18.4. The van der Waals surface area contributed by atoms with Crippen molar-refractivity contribution < 1.29 is 10.2 Å². The molecule has 5 N–H and O–H groups in total. The average molecular weight is 479 g/mol. The van der Waals surface area contributed by atoms with Gasteiger partial charge >= 0.3 is 4.87 Å². The third-order valence-electron chi connectivity index (χ3n) is 5.68. The second-order valence-corrected chi connectivity index (χ2v) is 9.29. The molecule has 0 amide bonds. The zero-order valence-electron chi connectivity index (χ0n) is 19.0. The molecule has 0 fully saturated rings. The van der Waals surface area contributed by atoms with Crippen LogP contribution in [0.15, 0.2) is 65.6 Å². The predicted molar refractivity (Wildman–Crippen MR) is 136 cm³/mol. The van der Waals surface area contributed by atoms with E-state index in [0.717, 1.165) is 54.9 Å². The number of hydrogen-bond acceptors (Lipinski definition) is 7. The molecule has 0 radical (unpaired) electrons. The Morgan fingerprint density at radius 1 is 1.03 bits per heavy atom. The third-order valence-corrected chi connectivity index (χ3v) is 6.64. The van der Waals surface area contributed by atoms with Crippen molar-refractivity contribution in [2.75, 3.05) is 13.1 Å². The summed E-state index contributed by atoms with van der Waals surface area (Å²) in [5.41, 5.74) is 4.84. The van der Waals surface area contributed by atoms with Crippen LogP contribution in [0, 0.1) is 0 Å². The van der Waals surface area contributed by atoms with Gasteiger partial charge < -0.3 is 20.5 Å². The molecular weight excluding hydrogens is 448 g/mol. The van der Waals surface area contributed by atoms with Gasteiger partial charge in [-0.15, -0.1) is 0 Å². The minimum Gasteiger partial charge on any atom is -0.506 e. The summed E-state index contributed by atoms with van der Waals surface area (Å²) in [5.74, 6) is 0.0436. The summed E-state index contributed by atoms with van der Waals surface area (Å²) in [6, 6.07) is 17.8. The number of aromatic hydroxyl groups is 1. The summed E-state index contributed by atoms with van der Waals surface area (Å²) in [6.45, 7) is 2.39. The van der Waals surface area contributed by atoms with E-state index in [1.807, 2.05) is 18.3 Å². The molecule has 1 unspecified atom stereocenters. The van der Waals surface area contributed by atoms with Gasteiger partial charge in [0.1, 0.15) is 17.5 Å². The summed E-state index contributed by atoms with van der Waals surface area (Å²) in [5, 5.41) is 27.0. The standard InChI is InChI=1S/C26H30N4O3S/c31-22-10-9-20(25-24(22)30-26(33)34-25)16-23(32)29-14-11-18-5-3-6-19(15-18)17-27-12-4-8-21-7-1-2-13-28-21/h1-3,5-7,9-10,13,15,23,27,29,31-32H,4,8,11-12,14,16-17H2,(H,30,33). The Labute approximate surface area is 202 Å². The minimum atomic E-state index is -0.742. The number of aliphatic hydroxyl groups excluding tert-OH is 1. The number of H-pyrrole nitrogens is 1. The number of fused-ring (bicyclic) bond motifs is 1. The topological polar surface area (TPSA) is 110 Å². The molecule has 2 aromatic heterocycles. The van der Waals surface area contributed by atoms with Crippen molar-refractivity contribution in [3.05, 3.63) is 92.8 Å². The van der Waals surface area contributed by atoms with Crippen LogP contribution in [0.2, 0.25) is 0 Å². The molecule has 0 saturated carbocycles. The lowest BCUT2D eigenvalue weighted by Crippen LogP contribution is -2.32. The normalized spacial score (nSPS) is 12.3. The van der Waals surface area contributed by atoms with Crippen molar-refractivity contribution in [1.29, 1.82) is 0 Å². The highest BCUT2D eigenvalue weighted by Crippen LogP contribution is 2.28.